The first-order chi connectivity index (χ1) is 9.02. The molecule has 0 aliphatic carbocycles. The number of urea groups is 1. The fraction of sp³-hybridized carbons (Fsp3) is 0.462. The summed E-state index contributed by atoms with van der Waals surface area (Å²) in [6, 6.07) is 5.16. The summed E-state index contributed by atoms with van der Waals surface area (Å²) in [7, 11) is 1.59. The minimum atomic E-state index is -0.296. The van der Waals surface area contributed by atoms with Crippen LogP contribution in [0, 0.1) is 0 Å². The number of anilines is 1. The van der Waals surface area contributed by atoms with Crippen LogP contribution >= 0.6 is 15.9 Å². The van der Waals surface area contributed by atoms with Crippen LogP contribution in [-0.4, -0.2) is 31.9 Å². The molecule has 1 atom stereocenters. The lowest BCUT2D eigenvalue weighted by molar-refractivity contribution is 0.172. The maximum Gasteiger partial charge on any atom is 0.319 e. The molecule has 0 bridgehead atoms. The van der Waals surface area contributed by atoms with Crippen molar-refractivity contribution >= 4 is 27.6 Å². The van der Waals surface area contributed by atoms with Gasteiger partial charge in [-0.05, 0) is 41.4 Å². The number of hydrogen-bond donors (Lipinski definition) is 2. The molecule has 2 rings (SSSR count). The third-order valence-electron chi connectivity index (χ3n) is 3.06. The number of methoxy groups -OCH3 is 1. The van der Waals surface area contributed by atoms with Crippen molar-refractivity contribution < 1.29 is 14.3 Å². The first-order valence-electron chi connectivity index (χ1n) is 6.03. The van der Waals surface area contributed by atoms with E-state index in [2.05, 4.69) is 26.6 Å². The Kier molecular flexibility index (Phi) is 4.31. The van der Waals surface area contributed by atoms with Gasteiger partial charge in [-0.3, -0.25) is 0 Å². The van der Waals surface area contributed by atoms with Gasteiger partial charge in [0.05, 0.1) is 24.9 Å². The Morgan fingerprint density at radius 3 is 2.95 bits per heavy atom. The number of amides is 2. The first-order valence-corrected chi connectivity index (χ1v) is 6.82. The van der Waals surface area contributed by atoms with Gasteiger partial charge in [0.1, 0.15) is 5.75 Å². The smallest absolute Gasteiger partial charge is 0.319 e. The van der Waals surface area contributed by atoms with Crippen LogP contribution < -0.4 is 15.4 Å². The van der Waals surface area contributed by atoms with Gasteiger partial charge in [0.2, 0.25) is 0 Å². The monoisotopic (exact) mass is 328 g/mol. The lowest BCUT2D eigenvalue weighted by Gasteiger charge is -2.23. The lowest BCUT2D eigenvalue weighted by atomic mass is 10.0. The molecule has 0 saturated carbocycles. The van der Waals surface area contributed by atoms with Crippen molar-refractivity contribution in [2.45, 2.75) is 18.9 Å². The highest BCUT2D eigenvalue weighted by atomic mass is 79.9. The number of ether oxygens (including phenoxy) is 2. The number of hydrogen-bond acceptors (Lipinski definition) is 3. The Bertz CT molecular complexity index is 473. The number of nitrogens with one attached hydrogen (secondary N) is 2. The maximum absolute atomic E-state index is 12.0. The Balaban J connectivity index is 2.02. The average molecular weight is 329 g/mol. The molecule has 104 valence electrons. The molecular formula is C13H17BrN2O3. The minimum absolute atomic E-state index is 0.248. The molecule has 1 heterocycles. The van der Waals surface area contributed by atoms with Crippen molar-refractivity contribution in [2.75, 3.05) is 25.6 Å². The quantitative estimate of drug-likeness (QED) is 0.896. The molecule has 19 heavy (non-hydrogen) atoms. The van der Waals surface area contributed by atoms with Crippen LogP contribution in [0.1, 0.15) is 13.3 Å². The molecule has 1 aromatic rings. The molecule has 1 aromatic carbocycles. The van der Waals surface area contributed by atoms with E-state index in [1.165, 1.54) is 0 Å². The van der Waals surface area contributed by atoms with Crippen LogP contribution in [0.3, 0.4) is 0 Å². The molecule has 2 N–H and O–H groups in total. The van der Waals surface area contributed by atoms with Crippen molar-refractivity contribution in [3.05, 3.63) is 22.7 Å². The van der Waals surface area contributed by atoms with Crippen LogP contribution in [-0.2, 0) is 4.74 Å². The lowest BCUT2D eigenvalue weighted by Crippen LogP contribution is -2.48. The van der Waals surface area contributed by atoms with E-state index in [0.29, 0.717) is 24.7 Å². The summed E-state index contributed by atoms with van der Waals surface area (Å²) >= 11 is 3.39. The highest BCUT2D eigenvalue weighted by molar-refractivity contribution is 9.10. The number of benzene rings is 1. The molecule has 1 aliphatic rings. The molecular weight excluding hydrogens is 312 g/mol. The second-order valence-electron chi connectivity index (χ2n) is 4.79. The highest BCUT2D eigenvalue weighted by Gasteiger charge is 2.31. The zero-order valence-electron chi connectivity index (χ0n) is 11.0. The Morgan fingerprint density at radius 1 is 1.53 bits per heavy atom. The van der Waals surface area contributed by atoms with Crippen LogP contribution in [0.4, 0.5) is 10.5 Å². The molecule has 2 amide bonds. The van der Waals surface area contributed by atoms with Gasteiger partial charge in [-0.1, -0.05) is 0 Å². The molecule has 1 fully saturated rings. The van der Waals surface area contributed by atoms with Crippen molar-refractivity contribution in [1.29, 1.82) is 0 Å². The number of carbonyl (C=O) groups is 1. The summed E-state index contributed by atoms with van der Waals surface area (Å²) in [6.45, 7) is 3.19. The first kappa shape index (κ1) is 14.1. The SMILES string of the molecule is COc1ccc(Br)c(NC(=O)NC2(C)CCOC2)c1. The Morgan fingerprint density at radius 2 is 2.32 bits per heavy atom. The third kappa shape index (κ3) is 3.61. The van der Waals surface area contributed by atoms with Gasteiger partial charge in [0.15, 0.2) is 0 Å². The van der Waals surface area contributed by atoms with E-state index in [9.17, 15) is 4.79 Å². The predicted octanol–water partition coefficient (Wildman–Crippen LogP) is 2.76. The summed E-state index contributed by atoms with van der Waals surface area (Å²) in [5.41, 5.74) is 0.370. The van der Waals surface area contributed by atoms with Crippen LogP contribution in [0.2, 0.25) is 0 Å². The fourth-order valence-corrected chi connectivity index (χ4v) is 2.27. The number of rotatable bonds is 3. The van der Waals surface area contributed by atoms with Crippen molar-refractivity contribution in [3.63, 3.8) is 0 Å². The zero-order valence-corrected chi connectivity index (χ0v) is 12.5. The predicted molar refractivity (Wildman–Crippen MR) is 76.7 cm³/mol. The van der Waals surface area contributed by atoms with E-state index in [1.54, 1.807) is 13.2 Å². The van der Waals surface area contributed by atoms with Crippen LogP contribution in [0.5, 0.6) is 5.75 Å². The van der Waals surface area contributed by atoms with Gasteiger partial charge in [-0.25, -0.2) is 4.79 Å². The Hall–Kier alpha value is -1.27. The Labute approximate surface area is 120 Å². The van der Waals surface area contributed by atoms with Crippen molar-refractivity contribution in [3.8, 4) is 5.75 Å². The van der Waals surface area contributed by atoms with E-state index in [0.717, 1.165) is 10.9 Å². The van der Waals surface area contributed by atoms with Gasteiger partial charge in [0, 0.05) is 17.1 Å². The van der Waals surface area contributed by atoms with E-state index in [1.807, 2.05) is 19.1 Å². The van der Waals surface area contributed by atoms with Crippen LogP contribution in [0.25, 0.3) is 0 Å². The van der Waals surface area contributed by atoms with E-state index < -0.39 is 0 Å². The van der Waals surface area contributed by atoms with Crippen LogP contribution in [0.15, 0.2) is 22.7 Å². The second kappa shape index (κ2) is 5.79. The van der Waals surface area contributed by atoms with E-state index in [4.69, 9.17) is 9.47 Å². The largest absolute Gasteiger partial charge is 0.497 e. The average Bonchev–Trinajstić information content (AvgIpc) is 2.78. The molecule has 0 radical (unpaired) electrons. The molecule has 1 saturated heterocycles. The summed E-state index contributed by atoms with van der Waals surface area (Å²) in [5, 5.41) is 5.74. The van der Waals surface area contributed by atoms with E-state index in [-0.39, 0.29) is 11.6 Å². The summed E-state index contributed by atoms with van der Waals surface area (Å²) in [5.74, 6) is 0.689. The molecule has 0 aromatic heterocycles. The second-order valence-corrected chi connectivity index (χ2v) is 5.64. The van der Waals surface area contributed by atoms with Gasteiger partial charge in [-0.2, -0.15) is 0 Å². The fourth-order valence-electron chi connectivity index (χ4n) is 1.92. The summed E-state index contributed by atoms with van der Waals surface area (Å²) in [4.78, 5) is 12.0. The topological polar surface area (TPSA) is 59.6 Å². The van der Waals surface area contributed by atoms with Crippen molar-refractivity contribution in [1.82, 2.24) is 5.32 Å². The normalized spacial score (nSPS) is 22.1. The third-order valence-corrected chi connectivity index (χ3v) is 3.75. The molecule has 5 nitrogen and oxygen atoms in total. The highest BCUT2D eigenvalue weighted by Crippen LogP contribution is 2.27. The minimum Gasteiger partial charge on any atom is -0.497 e. The molecule has 0 spiro atoms. The summed E-state index contributed by atoms with van der Waals surface area (Å²) < 4.78 is 11.2. The van der Waals surface area contributed by atoms with Crippen molar-refractivity contribution in [2.24, 2.45) is 0 Å². The summed E-state index contributed by atoms with van der Waals surface area (Å²) in [6.07, 6.45) is 0.819. The molecule has 1 unspecified atom stereocenters. The number of halogens is 1. The zero-order chi connectivity index (χ0) is 13.9. The van der Waals surface area contributed by atoms with Gasteiger partial charge < -0.3 is 20.1 Å². The maximum atomic E-state index is 12.0. The van der Waals surface area contributed by atoms with Gasteiger partial charge in [-0.15, -0.1) is 0 Å². The van der Waals surface area contributed by atoms with Gasteiger partial charge in [0.25, 0.3) is 0 Å². The molecule has 1 aliphatic heterocycles. The van der Waals surface area contributed by atoms with Gasteiger partial charge >= 0.3 is 6.03 Å². The standard InChI is InChI=1S/C13H17BrN2O3/c1-13(5-6-19-8-13)16-12(17)15-11-7-9(18-2)3-4-10(11)14/h3-4,7H,5-6,8H2,1-2H3,(H2,15,16,17). The molecule has 6 heteroatoms. The number of carbonyl (C=O) groups excluding carboxylic acids is 1. The van der Waals surface area contributed by atoms with E-state index >= 15 is 0 Å².